The minimum atomic E-state index is -4.46. The molecule has 0 radical (unpaired) electrons. The Balaban J connectivity index is 1.57. The predicted molar refractivity (Wildman–Crippen MR) is 85.9 cm³/mol. The number of pyridine rings is 1. The summed E-state index contributed by atoms with van der Waals surface area (Å²) in [7, 11) is 0. The second-order valence-corrected chi connectivity index (χ2v) is 5.36. The van der Waals surface area contributed by atoms with E-state index in [-0.39, 0.29) is 24.4 Å². The summed E-state index contributed by atoms with van der Waals surface area (Å²) < 4.78 is 43.5. The molecule has 2 heterocycles. The molecule has 6 nitrogen and oxygen atoms in total. The Bertz CT molecular complexity index is 894. The maximum atomic E-state index is 12.7. The number of nitrogens with zero attached hydrogens (tertiary/aromatic N) is 3. The van der Waals surface area contributed by atoms with Gasteiger partial charge in [0.1, 0.15) is 0 Å². The molecule has 0 bridgehead atoms. The van der Waals surface area contributed by atoms with Gasteiger partial charge in [-0.1, -0.05) is 6.07 Å². The number of benzene rings is 1. The largest absolute Gasteiger partial charge is 0.421 e. The molecular weight excluding hydrogens is 349 g/mol. The molecule has 0 saturated carbocycles. The van der Waals surface area contributed by atoms with E-state index in [4.69, 9.17) is 4.42 Å². The Hall–Kier alpha value is -3.23. The molecule has 0 unspecified atom stereocenters. The maximum Gasteiger partial charge on any atom is 0.416 e. The normalized spacial score (nSPS) is 11.3. The van der Waals surface area contributed by atoms with Gasteiger partial charge in [-0.25, -0.2) is 0 Å². The number of halogens is 3. The van der Waals surface area contributed by atoms with Crippen molar-refractivity contribution in [2.45, 2.75) is 19.0 Å². The van der Waals surface area contributed by atoms with Gasteiger partial charge in [-0.05, 0) is 30.3 Å². The second kappa shape index (κ2) is 7.34. The van der Waals surface area contributed by atoms with Gasteiger partial charge in [-0.3, -0.25) is 9.78 Å². The Morgan fingerprint density at radius 2 is 1.88 bits per heavy atom. The van der Waals surface area contributed by atoms with E-state index in [2.05, 4.69) is 20.5 Å². The Morgan fingerprint density at radius 3 is 2.62 bits per heavy atom. The molecule has 1 N–H and O–H groups in total. The number of aryl methyl sites for hydroxylation is 1. The highest BCUT2D eigenvalue weighted by Gasteiger charge is 2.30. The van der Waals surface area contributed by atoms with Gasteiger partial charge in [-0.2, -0.15) is 13.2 Å². The fourth-order valence-electron chi connectivity index (χ4n) is 2.18. The van der Waals surface area contributed by atoms with Crippen LogP contribution in [-0.4, -0.2) is 21.1 Å². The molecule has 9 heteroatoms. The van der Waals surface area contributed by atoms with Crippen LogP contribution in [0, 0.1) is 0 Å². The first-order valence-electron chi connectivity index (χ1n) is 7.62. The lowest BCUT2D eigenvalue weighted by atomic mass is 10.2. The molecule has 0 aliphatic carbocycles. The minimum Gasteiger partial charge on any atom is -0.421 e. The summed E-state index contributed by atoms with van der Waals surface area (Å²) in [6, 6.07) is 7.86. The Labute approximate surface area is 146 Å². The van der Waals surface area contributed by atoms with Gasteiger partial charge < -0.3 is 9.73 Å². The number of carbonyl (C=O) groups is 1. The summed E-state index contributed by atoms with van der Waals surface area (Å²) in [6.45, 7) is 0. The molecule has 1 aromatic carbocycles. The third-order valence-corrected chi connectivity index (χ3v) is 3.43. The Kier molecular flexibility index (Phi) is 4.97. The van der Waals surface area contributed by atoms with Crippen LogP contribution in [0.2, 0.25) is 0 Å². The van der Waals surface area contributed by atoms with Crippen molar-refractivity contribution in [2.24, 2.45) is 0 Å². The van der Waals surface area contributed by atoms with Gasteiger partial charge in [0.2, 0.25) is 17.7 Å². The van der Waals surface area contributed by atoms with Crippen LogP contribution >= 0.6 is 0 Å². The number of hydrogen-bond donors (Lipinski definition) is 1. The van der Waals surface area contributed by atoms with Gasteiger partial charge in [0.25, 0.3) is 0 Å². The Morgan fingerprint density at radius 1 is 1.12 bits per heavy atom. The maximum absolute atomic E-state index is 12.7. The summed E-state index contributed by atoms with van der Waals surface area (Å²) >= 11 is 0. The standard InChI is InChI=1S/C17H13F3N4O2/c18-17(19,20)12-2-1-3-13(10-12)22-14(25)4-5-15-23-24-16(26-15)11-6-8-21-9-7-11/h1-3,6-10H,4-5H2,(H,22,25). The molecular formula is C17H13F3N4O2. The SMILES string of the molecule is O=C(CCc1nnc(-c2ccncc2)o1)Nc1cccc(C(F)(F)F)c1. The number of alkyl halides is 3. The van der Waals surface area contributed by atoms with Crippen LogP contribution in [0.1, 0.15) is 17.9 Å². The highest BCUT2D eigenvalue weighted by Crippen LogP contribution is 2.30. The molecule has 0 atom stereocenters. The van der Waals surface area contributed by atoms with Gasteiger partial charge in [-0.15, -0.1) is 10.2 Å². The van der Waals surface area contributed by atoms with Crippen LogP contribution in [0.25, 0.3) is 11.5 Å². The first kappa shape index (κ1) is 17.6. The van der Waals surface area contributed by atoms with E-state index in [0.717, 1.165) is 12.1 Å². The van der Waals surface area contributed by atoms with Crippen LogP contribution in [0.15, 0.2) is 53.2 Å². The molecule has 0 fully saturated rings. The number of carbonyl (C=O) groups excluding carboxylic acids is 1. The molecule has 0 saturated heterocycles. The second-order valence-electron chi connectivity index (χ2n) is 5.36. The van der Waals surface area contributed by atoms with Crippen molar-refractivity contribution in [3.05, 3.63) is 60.2 Å². The zero-order valence-electron chi connectivity index (χ0n) is 13.3. The van der Waals surface area contributed by atoms with Crippen molar-refractivity contribution in [2.75, 3.05) is 5.32 Å². The quantitative estimate of drug-likeness (QED) is 0.748. The number of hydrogen-bond acceptors (Lipinski definition) is 5. The molecule has 2 aromatic heterocycles. The molecule has 3 aromatic rings. The van der Waals surface area contributed by atoms with Gasteiger partial charge in [0.15, 0.2) is 0 Å². The van der Waals surface area contributed by atoms with E-state index in [1.54, 1.807) is 24.5 Å². The molecule has 134 valence electrons. The summed E-state index contributed by atoms with van der Waals surface area (Å²) in [5.74, 6) is 0.115. The number of amides is 1. The van der Waals surface area contributed by atoms with Crippen LogP contribution in [0.3, 0.4) is 0 Å². The molecule has 0 aliphatic heterocycles. The number of anilines is 1. The van der Waals surface area contributed by atoms with Crippen molar-refractivity contribution < 1.29 is 22.4 Å². The minimum absolute atomic E-state index is 0.00573. The number of rotatable bonds is 5. The predicted octanol–water partition coefficient (Wildman–Crippen LogP) is 3.72. The lowest BCUT2D eigenvalue weighted by molar-refractivity contribution is -0.137. The number of nitrogens with one attached hydrogen (secondary N) is 1. The van der Waals surface area contributed by atoms with Crippen molar-refractivity contribution in [3.63, 3.8) is 0 Å². The van der Waals surface area contributed by atoms with Crippen molar-refractivity contribution in [3.8, 4) is 11.5 Å². The smallest absolute Gasteiger partial charge is 0.416 e. The van der Waals surface area contributed by atoms with E-state index < -0.39 is 17.6 Å². The fourth-order valence-corrected chi connectivity index (χ4v) is 2.18. The monoisotopic (exact) mass is 362 g/mol. The molecule has 3 rings (SSSR count). The first-order valence-corrected chi connectivity index (χ1v) is 7.62. The van der Waals surface area contributed by atoms with Crippen LogP contribution in [0.4, 0.5) is 18.9 Å². The zero-order valence-corrected chi connectivity index (χ0v) is 13.3. The van der Waals surface area contributed by atoms with Gasteiger partial charge in [0.05, 0.1) is 5.56 Å². The van der Waals surface area contributed by atoms with Gasteiger partial charge >= 0.3 is 6.18 Å². The van der Waals surface area contributed by atoms with Crippen LogP contribution < -0.4 is 5.32 Å². The first-order chi connectivity index (χ1) is 12.4. The van der Waals surface area contributed by atoms with E-state index in [1.807, 2.05) is 0 Å². The van der Waals surface area contributed by atoms with E-state index >= 15 is 0 Å². The molecule has 0 spiro atoms. The summed E-state index contributed by atoms with van der Waals surface area (Å²) in [4.78, 5) is 15.8. The lowest BCUT2D eigenvalue weighted by Crippen LogP contribution is -2.13. The molecule has 0 aliphatic rings. The highest BCUT2D eigenvalue weighted by molar-refractivity contribution is 5.90. The average Bonchev–Trinajstić information content (AvgIpc) is 3.09. The molecule has 1 amide bonds. The summed E-state index contributed by atoms with van der Waals surface area (Å²) in [5, 5.41) is 10.2. The summed E-state index contributed by atoms with van der Waals surface area (Å²) in [5.41, 5.74) is -0.0470. The summed E-state index contributed by atoms with van der Waals surface area (Å²) in [6.07, 6.45) is -1.13. The third-order valence-electron chi connectivity index (χ3n) is 3.43. The van der Waals surface area contributed by atoms with Crippen LogP contribution in [-0.2, 0) is 17.4 Å². The van der Waals surface area contributed by atoms with E-state index in [9.17, 15) is 18.0 Å². The van der Waals surface area contributed by atoms with Crippen molar-refractivity contribution in [1.82, 2.24) is 15.2 Å². The van der Waals surface area contributed by atoms with Crippen molar-refractivity contribution in [1.29, 1.82) is 0 Å². The molecule has 26 heavy (non-hydrogen) atoms. The number of aromatic nitrogens is 3. The lowest BCUT2D eigenvalue weighted by Gasteiger charge is -2.09. The topological polar surface area (TPSA) is 80.9 Å². The fraction of sp³-hybridized carbons (Fsp3) is 0.176. The van der Waals surface area contributed by atoms with Crippen LogP contribution in [0.5, 0.6) is 0 Å². The van der Waals surface area contributed by atoms with Crippen molar-refractivity contribution >= 4 is 11.6 Å². The highest BCUT2D eigenvalue weighted by atomic mass is 19.4. The van der Waals surface area contributed by atoms with Gasteiger partial charge in [0, 0.05) is 36.5 Å². The van der Waals surface area contributed by atoms with E-state index in [0.29, 0.717) is 11.5 Å². The van der Waals surface area contributed by atoms with E-state index in [1.165, 1.54) is 12.1 Å². The zero-order chi connectivity index (χ0) is 18.6. The third kappa shape index (κ3) is 4.44. The average molecular weight is 362 g/mol.